The van der Waals surface area contributed by atoms with Gasteiger partial charge in [-0.2, -0.15) is 5.10 Å². The van der Waals surface area contributed by atoms with E-state index < -0.39 is 5.97 Å². The fourth-order valence-electron chi connectivity index (χ4n) is 1.80. The van der Waals surface area contributed by atoms with Crippen LogP contribution in [0, 0.1) is 6.92 Å². The molecule has 0 spiro atoms. The Kier molecular flexibility index (Phi) is 3.13. The molecule has 0 bridgehead atoms. The number of halogens is 1. The van der Waals surface area contributed by atoms with Crippen molar-refractivity contribution in [1.82, 2.24) is 9.78 Å². The Bertz CT molecular complexity index is 634. The van der Waals surface area contributed by atoms with Crippen molar-refractivity contribution in [1.29, 1.82) is 0 Å². The van der Waals surface area contributed by atoms with E-state index in [1.54, 1.807) is 13.1 Å². The first-order chi connectivity index (χ1) is 8.41. The van der Waals surface area contributed by atoms with Crippen LogP contribution >= 0.6 is 15.9 Å². The number of aromatic carboxylic acids is 1. The van der Waals surface area contributed by atoms with E-state index in [-0.39, 0.29) is 11.4 Å². The van der Waals surface area contributed by atoms with Crippen LogP contribution in [0.3, 0.4) is 0 Å². The molecule has 2 aromatic rings. The second kappa shape index (κ2) is 4.45. The van der Waals surface area contributed by atoms with Gasteiger partial charge in [-0.25, -0.2) is 4.79 Å². The van der Waals surface area contributed by atoms with E-state index >= 15 is 0 Å². The van der Waals surface area contributed by atoms with E-state index in [0.717, 1.165) is 5.56 Å². The Morgan fingerprint density at radius 2 is 2.11 bits per heavy atom. The molecule has 1 aromatic heterocycles. The molecule has 5 nitrogen and oxygen atoms in total. The van der Waals surface area contributed by atoms with Crippen molar-refractivity contribution < 1.29 is 15.0 Å². The van der Waals surface area contributed by atoms with Crippen LogP contribution in [0.1, 0.15) is 16.1 Å². The number of hydrogen-bond acceptors (Lipinski definition) is 3. The maximum Gasteiger partial charge on any atom is 0.356 e. The molecule has 0 radical (unpaired) electrons. The lowest BCUT2D eigenvalue weighted by Gasteiger charge is -2.09. The fourth-order valence-corrected chi connectivity index (χ4v) is 2.13. The first-order valence-electron chi connectivity index (χ1n) is 5.17. The molecule has 0 atom stereocenters. The van der Waals surface area contributed by atoms with Gasteiger partial charge in [0.05, 0.1) is 10.2 Å². The van der Waals surface area contributed by atoms with Gasteiger partial charge in [0.1, 0.15) is 5.75 Å². The fraction of sp³-hybridized carbons (Fsp3) is 0.167. The van der Waals surface area contributed by atoms with Gasteiger partial charge in [-0.1, -0.05) is 6.07 Å². The van der Waals surface area contributed by atoms with Crippen LogP contribution < -0.4 is 0 Å². The van der Waals surface area contributed by atoms with Gasteiger partial charge in [-0.05, 0) is 40.5 Å². The Hall–Kier alpha value is -1.82. The van der Waals surface area contributed by atoms with Gasteiger partial charge >= 0.3 is 5.97 Å². The molecule has 0 saturated heterocycles. The highest BCUT2D eigenvalue weighted by atomic mass is 79.9. The van der Waals surface area contributed by atoms with Gasteiger partial charge in [0, 0.05) is 12.6 Å². The third-order valence-corrected chi connectivity index (χ3v) is 3.33. The molecule has 0 unspecified atom stereocenters. The van der Waals surface area contributed by atoms with Gasteiger partial charge in [0.2, 0.25) is 0 Å². The quantitative estimate of drug-likeness (QED) is 0.894. The normalized spacial score (nSPS) is 10.6. The summed E-state index contributed by atoms with van der Waals surface area (Å²) < 4.78 is 2.00. The molecule has 0 aliphatic heterocycles. The number of carboxylic acids is 1. The predicted molar refractivity (Wildman–Crippen MR) is 69.7 cm³/mol. The lowest BCUT2D eigenvalue weighted by atomic mass is 10.0. The van der Waals surface area contributed by atoms with Gasteiger partial charge in [-0.3, -0.25) is 4.68 Å². The number of phenols is 1. The van der Waals surface area contributed by atoms with Crippen molar-refractivity contribution in [2.45, 2.75) is 6.92 Å². The number of aromatic hydroxyl groups is 1. The van der Waals surface area contributed by atoms with Crippen molar-refractivity contribution in [3.63, 3.8) is 0 Å². The Balaban J connectivity index is 2.69. The number of carboxylic acid groups (broad SMARTS) is 1. The zero-order valence-electron chi connectivity index (χ0n) is 9.81. The second-order valence-corrected chi connectivity index (χ2v) is 4.79. The number of aromatic nitrogens is 2. The van der Waals surface area contributed by atoms with Crippen molar-refractivity contribution in [3.05, 3.63) is 33.9 Å². The topological polar surface area (TPSA) is 75.3 Å². The molecular weight excluding hydrogens is 300 g/mol. The highest BCUT2D eigenvalue weighted by molar-refractivity contribution is 9.10. The lowest BCUT2D eigenvalue weighted by molar-refractivity contribution is 0.0689. The summed E-state index contributed by atoms with van der Waals surface area (Å²) in [5, 5.41) is 22.9. The summed E-state index contributed by atoms with van der Waals surface area (Å²) in [6.45, 7) is 1.84. The SMILES string of the molecule is Cc1ccc(Br)c(O)c1-c1cc(C(=O)O)nn1C. The van der Waals surface area contributed by atoms with Crippen LogP contribution in [0.25, 0.3) is 11.3 Å². The minimum atomic E-state index is -1.09. The van der Waals surface area contributed by atoms with Crippen LogP contribution in [-0.2, 0) is 7.05 Å². The largest absolute Gasteiger partial charge is 0.506 e. The van der Waals surface area contributed by atoms with Crippen LogP contribution in [0.4, 0.5) is 0 Å². The monoisotopic (exact) mass is 310 g/mol. The molecule has 0 fully saturated rings. The molecule has 6 heteroatoms. The van der Waals surface area contributed by atoms with Crippen molar-refractivity contribution >= 4 is 21.9 Å². The number of phenolic OH excluding ortho intramolecular Hbond substituents is 1. The van der Waals surface area contributed by atoms with E-state index in [1.165, 1.54) is 10.7 Å². The summed E-state index contributed by atoms with van der Waals surface area (Å²) in [6.07, 6.45) is 0. The van der Waals surface area contributed by atoms with E-state index in [0.29, 0.717) is 15.7 Å². The molecule has 18 heavy (non-hydrogen) atoms. The summed E-state index contributed by atoms with van der Waals surface area (Å²) in [5.41, 5.74) is 1.93. The van der Waals surface area contributed by atoms with Crippen molar-refractivity contribution in [2.24, 2.45) is 7.05 Å². The number of rotatable bonds is 2. The zero-order valence-corrected chi connectivity index (χ0v) is 11.4. The third kappa shape index (κ3) is 1.99. The molecule has 1 heterocycles. The van der Waals surface area contributed by atoms with Crippen LogP contribution in [-0.4, -0.2) is 26.0 Å². The molecule has 0 amide bonds. The Morgan fingerprint density at radius 3 is 2.67 bits per heavy atom. The lowest BCUT2D eigenvalue weighted by Crippen LogP contribution is -1.99. The summed E-state index contributed by atoms with van der Waals surface area (Å²) in [6, 6.07) is 5.02. The number of carbonyl (C=O) groups is 1. The Morgan fingerprint density at radius 1 is 1.44 bits per heavy atom. The summed E-state index contributed by atoms with van der Waals surface area (Å²) in [7, 11) is 1.64. The number of benzene rings is 1. The van der Waals surface area contributed by atoms with E-state index in [1.807, 2.05) is 13.0 Å². The second-order valence-electron chi connectivity index (χ2n) is 3.93. The van der Waals surface area contributed by atoms with E-state index in [9.17, 15) is 9.90 Å². The first kappa shape index (κ1) is 12.6. The van der Waals surface area contributed by atoms with Gasteiger partial charge in [0.15, 0.2) is 5.69 Å². The standard InChI is InChI=1S/C12H11BrN2O3/c1-6-3-4-7(13)11(16)10(6)9-5-8(12(17)18)14-15(9)2/h3-5,16H,1-2H3,(H,17,18). The van der Waals surface area contributed by atoms with Crippen molar-refractivity contribution in [2.75, 3.05) is 0 Å². The molecule has 0 aliphatic carbocycles. The molecule has 1 aromatic carbocycles. The summed E-state index contributed by atoms with van der Waals surface area (Å²) >= 11 is 3.24. The molecule has 2 rings (SSSR count). The Labute approximate surface area is 112 Å². The van der Waals surface area contributed by atoms with E-state index in [4.69, 9.17) is 5.11 Å². The minimum Gasteiger partial charge on any atom is -0.506 e. The molecule has 0 aliphatic rings. The zero-order chi connectivity index (χ0) is 13.4. The predicted octanol–water partition coefficient (Wildman–Crippen LogP) is 2.56. The number of hydrogen-bond donors (Lipinski definition) is 2. The third-order valence-electron chi connectivity index (χ3n) is 2.69. The molecule has 2 N–H and O–H groups in total. The average Bonchev–Trinajstić information content (AvgIpc) is 2.67. The van der Waals surface area contributed by atoms with Gasteiger partial charge < -0.3 is 10.2 Å². The highest BCUT2D eigenvalue weighted by Crippen LogP contribution is 2.37. The van der Waals surface area contributed by atoms with E-state index in [2.05, 4.69) is 21.0 Å². The summed E-state index contributed by atoms with van der Waals surface area (Å²) in [5.74, 6) is -1.01. The smallest absolute Gasteiger partial charge is 0.356 e. The number of aryl methyl sites for hydroxylation is 2. The highest BCUT2D eigenvalue weighted by Gasteiger charge is 2.18. The van der Waals surface area contributed by atoms with Crippen LogP contribution in [0.2, 0.25) is 0 Å². The van der Waals surface area contributed by atoms with Crippen LogP contribution in [0.15, 0.2) is 22.7 Å². The van der Waals surface area contributed by atoms with Crippen molar-refractivity contribution in [3.8, 4) is 17.0 Å². The average molecular weight is 311 g/mol. The maximum absolute atomic E-state index is 10.9. The maximum atomic E-state index is 10.9. The molecule has 0 saturated carbocycles. The number of nitrogens with zero attached hydrogens (tertiary/aromatic N) is 2. The first-order valence-corrected chi connectivity index (χ1v) is 5.97. The summed E-state index contributed by atoms with van der Waals surface area (Å²) in [4.78, 5) is 10.9. The minimum absolute atomic E-state index is 0.0497. The van der Waals surface area contributed by atoms with Gasteiger partial charge in [-0.15, -0.1) is 0 Å². The van der Waals surface area contributed by atoms with Gasteiger partial charge in [0.25, 0.3) is 0 Å². The molecular formula is C12H11BrN2O3. The van der Waals surface area contributed by atoms with Crippen LogP contribution in [0.5, 0.6) is 5.75 Å². The molecule has 94 valence electrons.